The summed E-state index contributed by atoms with van der Waals surface area (Å²) in [4.78, 5) is 24.8. The molecular formula is C19H22N4O5. The van der Waals surface area contributed by atoms with Gasteiger partial charge in [0.15, 0.2) is 0 Å². The van der Waals surface area contributed by atoms with Crippen molar-refractivity contribution in [3.8, 4) is 0 Å². The molecule has 2 aromatic rings. The molecule has 9 heteroatoms. The first-order valence-electron chi connectivity index (χ1n) is 8.87. The van der Waals surface area contributed by atoms with Gasteiger partial charge in [-0.15, -0.1) is 0 Å². The molecule has 0 aliphatic carbocycles. The fourth-order valence-electron chi connectivity index (χ4n) is 2.97. The minimum Gasteiger partial charge on any atom is -0.394 e. The lowest BCUT2D eigenvalue weighted by molar-refractivity contribution is -0.383. The summed E-state index contributed by atoms with van der Waals surface area (Å²) >= 11 is 0. The van der Waals surface area contributed by atoms with E-state index in [2.05, 4.69) is 15.5 Å². The second kappa shape index (κ2) is 8.68. The second-order valence-corrected chi connectivity index (χ2v) is 6.36. The lowest BCUT2D eigenvalue weighted by Crippen LogP contribution is -2.52. The van der Waals surface area contributed by atoms with Crippen molar-refractivity contribution in [3.05, 3.63) is 58.1 Å². The van der Waals surface area contributed by atoms with Crippen LogP contribution in [0.15, 0.2) is 42.5 Å². The summed E-state index contributed by atoms with van der Waals surface area (Å²) in [5.41, 5.74) is 2.17. The van der Waals surface area contributed by atoms with Crippen molar-refractivity contribution in [2.75, 3.05) is 43.6 Å². The molecule has 1 aliphatic rings. The predicted octanol–water partition coefficient (Wildman–Crippen LogP) is 1.90. The van der Waals surface area contributed by atoms with Gasteiger partial charge in [0.05, 0.1) is 24.2 Å². The molecule has 0 spiro atoms. The Bertz CT molecular complexity index is 850. The van der Waals surface area contributed by atoms with Crippen LogP contribution in [0.1, 0.15) is 10.4 Å². The molecule has 3 N–H and O–H groups in total. The Morgan fingerprint density at radius 1 is 1.29 bits per heavy atom. The van der Waals surface area contributed by atoms with Crippen LogP contribution in [0.25, 0.3) is 0 Å². The molecule has 148 valence electrons. The van der Waals surface area contributed by atoms with Crippen molar-refractivity contribution in [1.82, 2.24) is 5.32 Å². The Balaban J connectivity index is 1.70. The van der Waals surface area contributed by atoms with Gasteiger partial charge in [-0.1, -0.05) is 0 Å². The Kier molecular flexibility index (Phi) is 6.07. The molecule has 0 unspecified atom stereocenters. The van der Waals surface area contributed by atoms with E-state index >= 15 is 0 Å². The van der Waals surface area contributed by atoms with Gasteiger partial charge in [0.2, 0.25) is 0 Å². The minimum atomic E-state index is -0.489. The molecule has 1 heterocycles. The average Bonchev–Trinajstić information content (AvgIpc) is 2.67. The molecule has 1 fully saturated rings. The van der Waals surface area contributed by atoms with Crippen molar-refractivity contribution in [3.63, 3.8) is 0 Å². The lowest BCUT2D eigenvalue weighted by Gasteiger charge is -2.40. The predicted molar refractivity (Wildman–Crippen MR) is 105 cm³/mol. The normalized spacial score (nSPS) is 13.7. The Labute approximate surface area is 162 Å². The van der Waals surface area contributed by atoms with Gasteiger partial charge in [0.25, 0.3) is 11.6 Å². The van der Waals surface area contributed by atoms with Crippen LogP contribution >= 0.6 is 0 Å². The zero-order valence-electron chi connectivity index (χ0n) is 15.4. The van der Waals surface area contributed by atoms with Gasteiger partial charge in [-0.05, 0) is 36.4 Å². The number of nitrogens with one attached hydrogen (secondary N) is 2. The number of aliphatic hydroxyl groups is 1. The zero-order valence-corrected chi connectivity index (χ0v) is 15.4. The number of anilines is 3. The number of aliphatic hydroxyl groups excluding tert-OH is 1. The largest absolute Gasteiger partial charge is 0.394 e. The molecule has 0 aromatic heterocycles. The van der Waals surface area contributed by atoms with E-state index in [1.807, 2.05) is 24.3 Å². The highest BCUT2D eigenvalue weighted by atomic mass is 16.6. The molecule has 0 atom stereocenters. The monoisotopic (exact) mass is 386 g/mol. The van der Waals surface area contributed by atoms with E-state index in [-0.39, 0.29) is 30.0 Å². The highest BCUT2D eigenvalue weighted by molar-refractivity contribution is 5.96. The van der Waals surface area contributed by atoms with Crippen LogP contribution in [0, 0.1) is 10.1 Å². The van der Waals surface area contributed by atoms with Crippen LogP contribution in [-0.4, -0.2) is 55.4 Å². The molecule has 2 aromatic carbocycles. The van der Waals surface area contributed by atoms with Crippen LogP contribution in [-0.2, 0) is 4.74 Å². The number of nitrogens with zero attached hydrogens (tertiary/aromatic N) is 2. The third-order valence-corrected chi connectivity index (χ3v) is 4.49. The first-order chi connectivity index (χ1) is 13.5. The summed E-state index contributed by atoms with van der Waals surface area (Å²) in [6.45, 7) is 1.87. The fourth-order valence-corrected chi connectivity index (χ4v) is 2.97. The van der Waals surface area contributed by atoms with Crippen molar-refractivity contribution in [2.24, 2.45) is 0 Å². The number of benzene rings is 2. The molecule has 1 aliphatic heterocycles. The van der Waals surface area contributed by atoms with Crippen molar-refractivity contribution < 1.29 is 19.6 Å². The minimum absolute atomic E-state index is 0.0180. The summed E-state index contributed by atoms with van der Waals surface area (Å²) < 4.78 is 5.46. The molecule has 9 nitrogen and oxygen atoms in total. The van der Waals surface area contributed by atoms with Crippen LogP contribution in [0.3, 0.4) is 0 Å². The van der Waals surface area contributed by atoms with Crippen LogP contribution in [0.5, 0.6) is 0 Å². The molecule has 1 saturated heterocycles. The third kappa shape index (κ3) is 4.38. The van der Waals surface area contributed by atoms with Gasteiger partial charge >= 0.3 is 0 Å². The molecule has 0 saturated carbocycles. The topological polar surface area (TPSA) is 117 Å². The van der Waals surface area contributed by atoms with Crippen molar-refractivity contribution in [2.45, 2.75) is 6.10 Å². The smallest absolute Gasteiger partial charge is 0.292 e. The highest BCUT2D eigenvalue weighted by Crippen LogP contribution is 2.30. The van der Waals surface area contributed by atoms with E-state index in [4.69, 9.17) is 9.84 Å². The van der Waals surface area contributed by atoms with E-state index in [9.17, 15) is 14.9 Å². The standard InChI is InChI=1S/C19H22N4O5/c1-20-19(25)13-2-7-18(23(26)27)17(10-13)21-14-3-5-15(6-4-14)22-11-16(12-22)28-9-8-24/h2-7,10,16,21,24H,8-9,11-12H2,1H3,(H,20,25). The number of hydrogen-bond donors (Lipinski definition) is 3. The van der Waals surface area contributed by atoms with Crippen molar-refractivity contribution >= 4 is 28.7 Å². The number of hydrogen-bond acceptors (Lipinski definition) is 7. The number of carbonyl (C=O) groups is 1. The quantitative estimate of drug-likeness (QED) is 0.468. The van der Waals surface area contributed by atoms with Gasteiger partial charge in [-0.2, -0.15) is 0 Å². The molecule has 3 rings (SSSR count). The second-order valence-electron chi connectivity index (χ2n) is 6.36. The van der Waals surface area contributed by atoms with Crippen molar-refractivity contribution in [1.29, 1.82) is 0 Å². The molecular weight excluding hydrogens is 364 g/mol. The van der Waals surface area contributed by atoms with Gasteiger partial charge < -0.3 is 25.4 Å². The Hall–Kier alpha value is -3.17. The molecule has 1 amide bonds. The number of rotatable bonds is 8. The van der Waals surface area contributed by atoms with E-state index in [1.54, 1.807) is 0 Å². The van der Waals surface area contributed by atoms with E-state index in [0.29, 0.717) is 17.9 Å². The molecule has 0 bridgehead atoms. The number of amides is 1. The maximum atomic E-state index is 11.8. The first-order valence-corrected chi connectivity index (χ1v) is 8.87. The first kappa shape index (κ1) is 19.6. The van der Waals surface area contributed by atoms with E-state index < -0.39 is 4.92 Å². The maximum absolute atomic E-state index is 11.8. The van der Waals surface area contributed by atoms with Gasteiger partial charge in [0.1, 0.15) is 5.69 Å². The molecule has 0 radical (unpaired) electrons. The summed E-state index contributed by atoms with van der Waals surface area (Å²) in [5.74, 6) is -0.316. The highest BCUT2D eigenvalue weighted by Gasteiger charge is 2.27. The Morgan fingerprint density at radius 3 is 2.61 bits per heavy atom. The molecule has 28 heavy (non-hydrogen) atoms. The van der Waals surface area contributed by atoms with Crippen LogP contribution < -0.4 is 15.5 Å². The fraction of sp³-hybridized carbons (Fsp3) is 0.316. The van der Waals surface area contributed by atoms with E-state index in [0.717, 1.165) is 18.8 Å². The number of ether oxygens (including phenoxy) is 1. The average molecular weight is 386 g/mol. The van der Waals surface area contributed by atoms with Gasteiger partial charge in [0, 0.05) is 43.1 Å². The third-order valence-electron chi connectivity index (χ3n) is 4.49. The lowest BCUT2D eigenvalue weighted by atomic mass is 10.1. The summed E-state index contributed by atoms with van der Waals surface area (Å²) in [6, 6.07) is 11.7. The summed E-state index contributed by atoms with van der Waals surface area (Å²) in [7, 11) is 1.50. The number of nitro groups is 1. The van der Waals surface area contributed by atoms with Crippen LogP contribution in [0.2, 0.25) is 0 Å². The zero-order chi connectivity index (χ0) is 20.1. The maximum Gasteiger partial charge on any atom is 0.292 e. The number of carbonyl (C=O) groups excluding carboxylic acids is 1. The Morgan fingerprint density at radius 2 is 2.00 bits per heavy atom. The number of nitro benzene ring substituents is 1. The summed E-state index contributed by atoms with van der Waals surface area (Å²) in [6.07, 6.45) is 0.125. The van der Waals surface area contributed by atoms with Gasteiger partial charge in [-0.3, -0.25) is 14.9 Å². The van der Waals surface area contributed by atoms with Crippen LogP contribution in [0.4, 0.5) is 22.7 Å². The summed E-state index contributed by atoms with van der Waals surface area (Å²) in [5, 5.41) is 25.6. The van der Waals surface area contributed by atoms with E-state index in [1.165, 1.54) is 25.2 Å². The SMILES string of the molecule is CNC(=O)c1ccc([N+](=O)[O-])c(Nc2ccc(N3CC(OCCO)C3)cc2)c1. The van der Waals surface area contributed by atoms with Gasteiger partial charge in [-0.25, -0.2) is 0 Å².